The smallest absolute Gasteiger partial charge is 0.255 e. The number of ether oxygens (including phenoxy) is 1. The molecule has 0 fully saturated rings. The van der Waals surface area contributed by atoms with Crippen molar-refractivity contribution in [2.24, 2.45) is 0 Å². The van der Waals surface area contributed by atoms with E-state index in [1.54, 1.807) is 17.0 Å². The molecule has 148 valence electrons. The van der Waals surface area contributed by atoms with Crippen LogP contribution in [0.25, 0.3) is 0 Å². The molecule has 5 nitrogen and oxygen atoms in total. The Morgan fingerprint density at radius 2 is 1.82 bits per heavy atom. The molecule has 2 amide bonds. The highest BCUT2D eigenvalue weighted by Crippen LogP contribution is 2.34. The minimum atomic E-state index is -0.706. The molecule has 0 saturated carbocycles. The predicted molar refractivity (Wildman–Crippen MR) is 105 cm³/mol. The summed E-state index contributed by atoms with van der Waals surface area (Å²) in [5.41, 5.74) is 0.813. The molecule has 0 aliphatic carbocycles. The minimum absolute atomic E-state index is 0.195. The number of rotatable bonds is 5. The molecule has 2 aromatic carbocycles. The van der Waals surface area contributed by atoms with Gasteiger partial charge < -0.3 is 15.0 Å². The molecule has 0 spiro atoms. The first-order valence-corrected chi connectivity index (χ1v) is 9.30. The van der Waals surface area contributed by atoms with E-state index in [1.165, 1.54) is 24.3 Å². The molecule has 2 atom stereocenters. The molecule has 0 radical (unpaired) electrons. The maximum absolute atomic E-state index is 13.1. The normalized spacial score (nSPS) is 17.2. The third kappa shape index (κ3) is 4.32. The Hall–Kier alpha value is -2.89. The molecular formula is C22H25FN2O3. The van der Waals surface area contributed by atoms with E-state index < -0.39 is 11.6 Å². The van der Waals surface area contributed by atoms with Gasteiger partial charge in [0, 0.05) is 11.1 Å². The fraction of sp³-hybridized carbons (Fsp3) is 0.364. The quantitative estimate of drug-likeness (QED) is 0.855. The summed E-state index contributed by atoms with van der Waals surface area (Å²) in [5, 5.41) is 2.97. The largest absolute Gasteiger partial charge is 0.489 e. The first-order chi connectivity index (χ1) is 13.2. The van der Waals surface area contributed by atoms with Gasteiger partial charge in [-0.15, -0.1) is 0 Å². The highest BCUT2D eigenvalue weighted by Gasteiger charge is 2.42. The van der Waals surface area contributed by atoms with Crippen molar-refractivity contribution < 1.29 is 18.7 Å². The molecule has 1 aliphatic rings. The van der Waals surface area contributed by atoms with E-state index in [-0.39, 0.29) is 30.3 Å². The summed E-state index contributed by atoms with van der Waals surface area (Å²) in [7, 11) is 0. The highest BCUT2D eigenvalue weighted by molar-refractivity contribution is 6.04. The van der Waals surface area contributed by atoms with Gasteiger partial charge in [-0.25, -0.2) is 4.39 Å². The van der Waals surface area contributed by atoms with Crippen LogP contribution in [-0.2, 0) is 4.79 Å². The third-order valence-corrected chi connectivity index (χ3v) is 4.41. The molecule has 6 heteroatoms. The van der Waals surface area contributed by atoms with Gasteiger partial charge in [-0.05, 0) is 63.6 Å². The van der Waals surface area contributed by atoms with Crippen molar-refractivity contribution in [1.29, 1.82) is 0 Å². The first-order valence-electron chi connectivity index (χ1n) is 9.30. The zero-order valence-corrected chi connectivity index (χ0v) is 16.5. The van der Waals surface area contributed by atoms with E-state index >= 15 is 0 Å². The van der Waals surface area contributed by atoms with Crippen molar-refractivity contribution in [1.82, 2.24) is 10.2 Å². The van der Waals surface area contributed by atoms with Crippen LogP contribution in [0.5, 0.6) is 5.75 Å². The van der Waals surface area contributed by atoms with Gasteiger partial charge >= 0.3 is 0 Å². The maximum atomic E-state index is 13.1. The first kappa shape index (κ1) is 19.9. The van der Waals surface area contributed by atoms with Gasteiger partial charge in [0.2, 0.25) is 5.91 Å². The lowest BCUT2D eigenvalue weighted by Crippen LogP contribution is -2.48. The molecule has 2 unspecified atom stereocenters. The molecule has 1 N–H and O–H groups in total. The van der Waals surface area contributed by atoms with Crippen LogP contribution in [0, 0.1) is 5.82 Å². The topological polar surface area (TPSA) is 58.6 Å². The van der Waals surface area contributed by atoms with E-state index in [0.717, 1.165) is 0 Å². The molecule has 2 aromatic rings. The van der Waals surface area contributed by atoms with Crippen molar-refractivity contribution in [3.63, 3.8) is 0 Å². The molecular weight excluding hydrogens is 359 g/mol. The second-order valence-electron chi connectivity index (χ2n) is 8.07. The molecule has 1 aliphatic heterocycles. The number of carbonyl (C=O) groups excluding carboxylic acids is 2. The average molecular weight is 384 g/mol. The van der Waals surface area contributed by atoms with E-state index in [4.69, 9.17) is 4.74 Å². The van der Waals surface area contributed by atoms with Gasteiger partial charge in [0.1, 0.15) is 23.7 Å². The number of nitrogens with zero attached hydrogens (tertiary/aromatic N) is 1. The van der Waals surface area contributed by atoms with Gasteiger partial charge in [-0.3, -0.25) is 9.59 Å². The van der Waals surface area contributed by atoms with E-state index in [0.29, 0.717) is 16.9 Å². The predicted octanol–water partition coefficient (Wildman–Crippen LogP) is 3.70. The van der Waals surface area contributed by atoms with Gasteiger partial charge in [0.15, 0.2) is 0 Å². The summed E-state index contributed by atoms with van der Waals surface area (Å²) in [6.07, 6.45) is -0.381. The lowest BCUT2D eigenvalue weighted by Gasteiger charge is -2.30. The SMILES string of the molecule is CC(CN1C(=O)c2ccccc2C1C(=O)NC(C)(C)C)Oc1ccc(F)cc1. The Morgan fingerprint density at radius 1 is 1.18 bits per heavy atom. The average Bonchev–Trinajstić information content (AvgIpc) is 2.88. The van der Waals surface area contributed by atoms with Crippen LogP contribution in [0.1, 0.15) is 49.7 Å². The molecule has 0 bridgehead atoms. The zero-order valence-electron chi connectivity index (χ0n) is 16.5. The Balaban J connectivity index is 1.82. The maximum Gasteiger partial charge on any atom is 0.255 e. The fourth-order valence-corrected chi connectivity index (χ4v) is 3.34. The van der Waals surface area contributed by atoms with Gasteiger partial charge in [-0.2, -0.15) is 0 Å². The summed E-state index contributed by atoms with van der Waals surface area (Å²) < 4.78 is 18.9. The van der Waals surface area contributed by atoms with E-state index in [9.17, 15) is 14.0 Å². The number of amides is 2. The lowest BCUT2D eigenvalue weighted by molar-refractivity contribution is -0.127. The van der Waals surface area contributed by atoms with Crippen LogP contribution in [-0.4, -0.2) is 34.9 Å². The van der Waals surface area contributed by atoms with Crippen molar-refractivity contribution in [2.75, 3.05) is 6.54 Å². The molecule has 1 heterocycles. The zero-order chi connectivity index (χ0) is 20.5. The van der Waals surface area contributed by atoms with E-state index in [2.05, 4.69) is 5.32 Å². The minimum Gasteiger partial charge on any atom is -0.489 e. The Bertz CT molecular complexity index is 874. The second kappa shape index (κ2) is 7.62. The van der Waals surface area contributed by atoms with Crippen LogP contribution in [0.4, 0.5) is 4.39 Å². The fourth-order valence-electron chi connectivity index (χ4n) is 3.34. The number of hydrogen-bond acceptors (Lipinski definition) is 3. The monoisotopic (exact) mass is 384 g/mol. The van der Waals surface area contributed by atoms with Crippen LogP contribution in [0.3, 0.4) is 0 Å². The number of halogens is 1. The van der Waals surface area contributed by atoms with Crippen LogP contribution in [0.15, 0.2) is 48.5 Å². The number of carbonyl (C=O) groups is 2. The molecule has 0 saturated heterocycles. The summed E-state index contributed by atoms with van der Waals surface area (Å²) in [6.45, 7) is 7.75. The van der Waals surface area contributed by atoms with Crippen molar-refractivity contribution >= 4 is 11.8 Å². The Labute approximate surface area is 164 Å². The van der Waals surface area contributed by atoms with Crippen molar-refractivity contribution in [3.05, 3.63) is 65.5 Å². The molecule has 3 rings (SSSR count). The lowest BCUT2D eigenvalue weighted by atomic mass is 10.0. The standard InChI is InChI=1S/C22H25FN2O3/c1-14(28-16-11-9-15(23)10-12-16)13-25-19(20(26)24-22(2,3)4)17-7-5-6-8-18(17)21(25)27/h5-12,14,19H,13H2,1-4H3,(H,24,26). The van der Waals surface area contributed by atoms with Crippen LogP contribution in [0.2, 0.25) is 0 Å². The number of fused-ring (bicyclic) bond motifs is 1. The summed E-state index contributed by atoms with van der Waals surface area (Å²) in [5.74, 6) is -0.253. The summed E-state index contributed by atoms with van der Waals surface area (Å²) >= 11 is 0. The van der Waals surface area contributed by atoms with Gasteiger partial charge in [0.25, 0.3) is 5.91 Å². The van der Waals surface area contributed by atoms with Gasteiger partial charge in [-0.1, -0.05) is 18.2 Å². The number of hydrogen-bond donors (Lipinski definition) is 1. The van der Waals surface area contributed by atoms with Gasteiger partial charge in [0.05, 0.1) is 6.54 Å². The molecule has 0 aromatic heterocycles. The summed E-state index contributed by atoms with van der Waals surface area (Å²) in [4.78, 5) is 27.5. The van der Waals surface area contributed by atoms with Crippen LogP contribution >= 0.6 is 0 Å². The molecule has 28 heavy (non-hydrogen) atoms. The number of nitrogens with one attached hydrogen (secondary N) is 1. The Kier molecular flexibility index (Phi) is 5.40. The third-order valence-electron chi connectivity index (χ3n) is 4.41. The number of benzene rings is 2. The van der Waals surface area contributed by atoms with Crippen LogP contribution < -0.4 is 10.1 Å². The highest BCUT2D eigenvalue weighted by atomic mass is 19.1. The Morgan fingerprint density at radius 3 is 2.46 bits per heavy atom. The summed E-state index contributed by atoms with van der Waals surface area (Å²) in [6, 6.07) is 12.2. The van der Waals surface area contributed by atoms with Crippen molar-refractivity contribution in [2.45, 2.75) is 45.4 Å². The van der Waals surface area contributed by atoms with Crippen molar-refractivity contribution in [3.8, 4) is 5.75 Å². The second-order valence-corrected chi connectivity index (χ2v) is 8.07. The van der Waals surface area contributed by atoms with E-state index in [1.807, 2.05) is 39.8 Å².